The molecule has 0 amide bonds. The van der Waals surface area contributed by atoms with E-state index in [1.54, 1.807) is 0 Å². The number of hydrogen-bond acceptors (Lipinski definition) is 4. The number of nitrogens with zero attached hydrogens (tertiary/aromatic N) is 1. The first-order valence-electron chi connectivity index (χ1n) is 7.77. The van der Waals surface area contributed by atoms with Gasteiger partial charge in [-0.1, -0.05) is 6.92 Å². The molecule has 0 bridgehead atoms. The van der Waals surface area contributed by atoms with Crippen molar-refractivity contribution in [2.45, 2.75) is 51.3 Å². The molecule has 0 radical (unpaired) electrons. The lowest BCUT2D eigenvalue weighted by atomic mass is 9.78. The van der Waals surface area contributed by atoms with Crippen molar-refractivity contribution in [3.05, 3.63) is 0 Å². The number of rotatable bonds is 4. The Balaban J connectivity index is 1.93. The molecule has 4 nitrogen and oxygen atoms in total. The van der Waals surface area contributed by atoms with Gasteiger partial charge in [-0.25, -0.2) is 0 Å². The van der Waals surface area contributed by atoms with Gasteiger partial charge in [0.2, 0.25) is 0 Å². The molecule has 0 spiro atoms. The topological polar surface area (TPSA) is 44.7 Å². The Hall–Kier alpha value is -0.160. The van der Waals surface area contributed by atoms with E-state index in [2.05, 4.69) is 31.1 Å². The van der Waals surface area contributed by atoms with Crippen LogP contribution in [0.3, 0.4) is 0 Å². The Kier molecular flexibility index (Phi) is 5.63. The quantitative estimate of drug-likeness (QED) is 0.803. The fourth-order valence-electron chi connectivity index (χ4n) is 3.62. The molecular formula is C15H30N2O2. The average molecular weight is 270 g/mol. The highest BCUT2D eigenvalue weighted by molar-refractivity contribution is 4.87. The number of morpholine rings is 1. The Labute approximate surface area is 117 Å². The maximum absolute atomic E-state index is 9.28. The van der Waals surface area contributed by atoms with Crippen LogP contribution in [0.2, 0.25) is 0 Å². The summed E-state index contributed by atoms with van der Waals surface area (Å²) in [5.74, 6) is 1.58. The standard InChI is InChI=1S/C15H30N2O2/c1-11-4-5-15(16-3)13(6-11)7-17-8-14(9-18)19-10-12(17)2/h11-16,18H,4-10H2,1-3H3. The lowest BCUT2D eigenvalue weighted by molar-refractivity contribution is -0.0842. The van der Waals surface area contributed by atoms with Gasteiger partial charge < -0.3 is 15.2 Å². The Morgan fingerprint density at radius 2 is 2.11 bits per heavy atom. The maximum atomic E-state index is 9.28. The Morgan fingerprint density at radius 1 is 1.32 bits per heavy atom. The molecule has 2 aliphatic rings. The summed E-state index contributed by atoms with van der Waals surface area (Å²) in [7, 11) is 2.09. The van der Waals surface area contributed by atoms with E-state index in [1.807, 2.05) is 0 Å². The third-order valence-corrected chi connectivity index (χ3v) is 4.92. The van der Waals surface area contributed by atoms with Crippen molar-refractivity contribution in [2.75, 3.05) is 33.4 Å². The van der Waals surface area contributed by atoms with Crippen LogP contribution in [-0.4, -0.2) is 61.5 Å². The molecule has 1 aliphatic carbocycles. The summed E-state index contributed by atoms with van der Waals surface area (Å²) in [6, 6.07) is 1.12. The van der Waals surface area contributed by atoms with Gasteiger partial charge in [-0.05, 0) is 45.1 Å². The molecule has 0 aromatic rings. The molecule has 4 heteroatoms. The van der Waals surface area contributed by atoms with Crippen LogP contribution in [0.1, 0.15) is 33.1 Å². The zero-order valence-corrected chi connectivity index (χ0v) is 12.6. The van der Waals surface area contributed by atoms with Crippen LogP contribution in [0.15, 0.2) is 0 Å². The second kappa shape index (κ2) is 7.02. The van der Waals surface area contributed by atoms with Crippen molar-refractivity contribution in [3.63, 3.8) is 0 Å². The maximum Gasteiger partial charge on any atom is 0.0933 e. The third-order valence-electron chi connectivity index (χ3n) is 4.92. The van der Waals surface area contributed by atoms with Gasteiger partial charge in [0.1, 0.15) is 0 Å². The highest BCUT2D eigenvalue weighted by Crippen LogP contribution is 2.30. The van der Waals surface area contributed by atoms with E-state index in [0.717, 1.165) is 31.5 Å². The first-order valence-corrected chi connectivity index (χ1v) is 7.77. The summed E-state index contributed by atoms with van der Waals surface area (Å²) in [5.41, 5.74) is 0. The van der Waals surface area contributed by atoms with E-state index < -0.39 is 0 Å². The zero-order valence-electron chi connectivity index (χ0n) is 12.6. The fourth-order valence-corrected chi connectivity index (χ4v) is 3.62. The van der Waals surface area contributed by atoms with Crippen LogP contribution in [0.4, 0.5) is 0 Å². The summed E-state index contributed by atoms with van der Waals surface area (Å²) in [5, 5.41) is 12.8. The average Bonchev–Trinajstić information content (AvgIpc) is 2.41. The van der Waals surface area contributed by atoms with Crippen molar-refractivity contribution in [1.82, 2.24) is 10.2 Å². The molecule has 5 unspecified atom stereocenters. The number of aliphatic hydroxyl groups is 1. The van der Waals surface area contributed by atoms with Gasteiger partial charge in [0.05, 0.1) is 19.3 Å². The van der Waals surface area contributed by atoms with E-state index in [-0.39, 0.29) is 12.7 Å². The second-order valence-electron chi connectivity index (χ2n) is 6.51. The fraction of sp³-hybridized carbons (Fsp3) is 1.00. The minimum atomic E-state index is 0.00486. The largest absolute Gasteiger partial charge is 0.394 e. The second-order valence-corrected chi connectivity index (χ2v) is 6.51. The molecule has 1 saturated carbocycles. The number of ether oxygens (including phenoxy) is 1. The van der Waals surface area contributed by atoms with Crippen LogP contribution in [0.25, 0.3) is 0 Å². The van der Waals surface area contributed by atoms with Crippen LogP contribution < -0.4 is 5.32 Å². The van der Waals surface area contributed by atoms with Gasteiger partial charge in [-0.15, -0.1) is 0 Å². The van der Waals surface area contributed by atoms with Gasteiger partial charge in [-0.3, -0.25) is 4.90 Å². The summed E-state index contributed by atoms with van der Waals surface area (Å²) in [6.45, 7) is 7.50. The number of aliphatic hydroxyl groups excluding tert-OH is 1. The molecule has 0 aromatic carbocycles. The van der Waals surface area contributed by atoms with Crippen LogP contribution >= 0.6 is 0 Å². The lowest BCUT2D eigenvalue weighted by Crippen LogP contribution is -2.53. The molecular weight excluding hydrogens is 240 g/mol. The monoisotopic (exact) mass is 270 g/mol. The van der Waals surface area contributed by atoms with Gasteiger partial charge in [0.15, 0.2) is 0 Å². The van der Waals surface area contributed by atoms with E-state index in [0.29, 0.717) is 12.1 Å². The van der Waals surface area contributed by atoms with Crippen molar-refractivity contribution in [2.24, 2.45) is 11.8 Å². The summed E-state index contributed by atoms with van der Waals surface area (Å²) in [4.78, 5) is 2.51. The first kappa shape index (κ1) is 15.2. The molecule has 112 valence electrons. The minimum Gasteiger partial charge on any atom is -0.394 e. The molecule has 0 aromatic heterocycles. The predicted octanol–water partition coefficient (Wildman–Crippen LogP) is 1.09. The van der Waals surface area contributed by atoms with Crippen molar-refractivity contribution in [1.29, 1.82) is 0 Å². The van der Waals surface area contributed by atoms with E-state index in [9.17, 15) is 5.11 Å². The van der Waals surface area contributed by atoms with Crippen molar-refractivity contribution in [3.8, 4) is 0 Å². The minimum absolute atomic E-state index is 0.00486. The van der Waals surface area contributed by atoms with Crippen LogP contribution in [-0.2, 0) is 4.74 Å². The highest BCUT2D eigenvalue weighted by atomic mass is 16.5. The van der Waals surface area contributed by atoms with Gasteiger partial charge in [0, 0.05) is 25.2 Å². The molecule has 5 atom stereocenters. The Bertz CT molecular complexity index is 275. The van der Waals surface area contributed by atoms with Gasteiger partial charge >= 0.3 is 0 Å². The van der Waals surface area contributed by atoms with Crippen LogP contribution in [0, 0.1) is 11.8 Å². The highest BCUT2D eigenvalue weighted by Gasteiger charge is 2.32. The smallest absolute Gasteiger partial charge is 0.0933 e. The number of hydrogen-bond donors (Lipinski definition) is 2. The predicted molar refractivity (Wildman–Crippen MR) is 77.2 cm³/mol. The normalized spacial score (nSPS) is 41.4. The zero-order chi connectivity index (χ0) is 13.8. The molecule has 2 N–H and O–H groups in total. The molecule has 1 heterocycles. The van der Waals surface area contributed by atoms with E-state index >= 15 is 0 Å². The van der Waals surface area contributed by atoms with E-state index in [4.69, 9.17) is 4.74 Å². The van der Waals surface area contributed by atoms with E-state index in [1.165, 1.54) is 19.3 Å². The summed E-state index contributed by atoms with van der Waals surface area (Å²) >= 11 is 0. The molecule has 19 heavy (non-hydrogen) atoms. The molecule has 2 fully saturated rings. The van der Waals surface area contributed by atoms with Crippen molar-refractivity contribution < 1.29 is 9.84 Å². The summed E-state index contributed by atoms with van der Waals surface area (Å²) in [6.07, 6.45) is 3.97. The summed E-state index contributed by atoms with van der Waals surface area (Å²) < 4.78 is 5.63. The van der Waals surface area contributed by atoms with Gasteiger partial charge in [-0.2, -0.15) is 0 Å². The lowest BCUT2D eigenvalue weighted by Gasteiger charge is -2.43. The van der Waals surface area contributed by atoms with Crippen LogP contribution in [0.5, 0.6) is 0 Å². The first-order chi connectivity index (χ1) is 9.13. The van der Waals surface area contributed by atoms with Crippen molar-refractivity contribution >= 4 is 0 Å². The molecule has 1 aliphatic heterocycles. The van der Waals surface area contributed by atoms with Gasteiger partial charge in [0.25, 0.3) is 0 Å². The molecule has 1 saturated heterocycles. The molecule has 2 rings (SSSR count). The number of nitrogens with one attached hydrogen (secondary N) is 1. The third kappa shape index (κ3) is 3.91. The Morgan fingerprint density at radius 3 is 2.79 bits per heavy atom. The SMILES string of the molecule is CNC1CCC(C)CC1CN1CC(CO)OCC1C.